The Labute approximate surface area is 124 Å². The molecular formula is C14H10Cl2O2S. The van der Waals surface area contributed by atoms with Gasteiger partial charge in [-0.05, 0) is 47.7 Å². The van der Waals surface area contributed by atoms with Gasteiger partial charge in [-0.3, -0.25) is 0 Å². The maximum atomic E-state index is 11.4. The van der Waals surface area contributed by atoms with Crippen LogP contribution in [0.15, 0.2) is 29.6 Å². The fourth-order valence-electron chi connectivity index (χ4n) is 1.60. The van der Waals surface area contributed by atoms with Crippen LogP contribution in [0.3, 0.4) is 0 Å². The van der Waals surface area contributed by atoms with Crippen molar-refractivity contribution in [2.75, 3.05) is 0 Å². The third-order valence-corrected chi connectivity index (χ3v) is 4.34. The maximum Gasteiger partial charge on any atom is 0.336 e. The molecule has 1 heterocycles. The van der Waals surface area contributed by atoms with E-state index in [4.69, 9.17) is 23.2 Å². The van der Waals surface area contributed by atoms with E-state index in [0.717, 1.165) is 10.4 Å². The molecule has 0 radical (unpaired) electrons. The SMILES string of the molecule is Cc1ccsc1/C=C(\C(=O)O)c1ccc(Cl)c(Cl)c1. The Morgan fingerprint density at radius 1 is 1.26 bits per heavy atom. The Balaban J connectivity index is 2.52. The van der Waals surface area contributed by atoms with E-state index in [1.165, 1.54) is 11.3 Å². The molecule has 0 saturated heterocycles. The largest absolute Gasteiger partial charge is 0.478 e. The number of rotatable bonds is 3. The number of carboxylic acid groups (broad SMARTS) is 1. The fourth-order valence-corrected chi connectivity index (χ4v) is 2.75. The third kappa shape index (κ3) is 3.18. The van der Waals surface area contributed by atoms with Crippen LogP contribution in [0.25, 0.3) is 11.6 Å². The van der Waals surface area contributed by atoms with E-state index in [2.05, 4.69) is 0 Å². The van der Waals surface area contributed by atoms with Gasteiger partial charge in [-0.25, -0.2) is 4.79 Å². The van der Waals surface area contributed by atoms with Crippen molar-refractivity contribution in [1.29, 1.82) is 0 Å². The summed E-state index contributed by atoms with van der Waals surface area (Å²) < 4.78 is 0. The van der Waals surface area contributed by atoms with Crippen molar-refractivity contribution in [3.8, 4) is 0 Å². The van der Waals surface area contributed by atoms with Crippen LogP contribution in [-0.2, 0) is 4.79 Å². The topological polar surface area (TPSA) is 37.3 Å². The molecule has 0 aliphatic carbocycles. The van der Waals surface area contributed by atoms with E-state index in [1.807, 2.05) is 18.4 Å². The molecular weight excluding hydrogens is 303 g/mol. The molecule has 1 N–H and O–H groups in total. The summed E-state index contributed by atoms with van der Waals surface area (Å²) in [6, 6.07) is 6.76. The summed E-state index contributed by atoms with van der Waals surface area (Å²) in [5.74, 6) is -0.994. The van der Waals surface area contributed by atoms with Crippen molar-refractivity contribution >= 4 is 52.2 Å². The van der Waals surface area contributed by atoms with Crippen molar-refractivity contribution in [3.05, 3.63) is 55.7 Å². The molecule has 0 spiro atoms. The minimum Gasteiger partial charge on any atom is -0.478 e. The van der Waals surface area contributed by atoms with Crippen LogP contribution in [0.5, 0.6) is 0 Å². The number of thiophene rings is 1. The van der Waals surface area contributed by atoms with Crippen LogP contribution in [0.2, 0.25) is 10.0 Å². The zero-order chi connectivity index (χ0) is 14.0. The number of carboxylic acids is 1. The number of carbonyl (C=O) groups is 1. The summed E-state index contributed by atoms with van der Waals surface area (Å²) in [5, 5.41) is 12.0. The first-order chi connectivity index (χ1) is 8.99. The minimum atomic E-state index is -0.994. The molecule has 19 heavy (non-hydrogen) atoms. The molecule has 0 fully saturated rings. The summed E-state index contributed by atoms with van der Waals surface area (Å²) in [6.45, 7) is 1.94. The second-order valence-electron chi connectivity index (χ2n) is 3.96. The number of halogens is 2. The highest BCUT2D eigenvalue weighted by atomic mass is 35.5. The first-order valence-corrected chi connectivity index (χ1v) is 7.07. The number of hydrogen-bond donors (Lipinski definition) is 1. The molecule has 1 aromatic carbocycles. The molecule has 0 unspecified atom stereocenters. The lowest BCUT2D eigenvalue weighted by Crippen LogP contribution is -1.99. The molecule has 0 atom stereocenters. The van der Waals surface area contributed by atoms with Gasteiger partial charge < -0.3 is 5.11 Å². The second kappa shape index (κ2) is 5.78. The first-order valence-electron chi connectivity index (χ1n) is 5.43. The molecule has 98 valence electrons. The summed E-state index contributed by atoms with van der Waals surface area (Å²) in [4.78, 5) is 12.3. The van der Waals surface area contributed by atoms with E-state index < -0.39 is 5.97 Å². The number of aryl methyl sites for hydroxylation is 1. The van der Waals surface area contributed by atoms with Crippen molar-refractivity contribution in [3.63, 3.8) is 0 Å². The van der Waals surface area contributed by atoms with Gasteiger partial charge >= 0.3 is 5.97 Å². The Morgan fingerprint density at radius 3 is 2.53 bits per heavy atom. The molecule has 5 heteroatoms. The van der Waals surface area contributed by atoms with Crippen LogP contribution in [0, 0.1) is 6.92 Å². The Kier molecular flexibility index (Phi) is 4.30. The first kappa shape index (κ1) is 14.1. The molecule has 1 aromatic heterocycles. The zero-order valence-electron chi connectivity index (χ0n) is 9.98. The van der Waals surface area contributed by atoms with E-state index in [9.17, 15) is 9.90 Å². The highest BCUT2D eigenvalue weighted by molar-refractivity contribution is 7.11. The lowest BCUT2D eigenvalue weighted by Gasteiger charge is -2.04. The summed E-state index contributed by atoms with van der Waals surface area (Å²) in [5.41, 5.74) is 1.78. The molecule has 0 aliphatic rings. The minimum absolute atomic E-state index is 0.198. The van der Waals surface area contributed by atoms with Crippen molar-refractivity contribution in [1.82, 2.24) is 0 Å². The fraction of sp³-hybridized carbons (Fsp3) is 0.0714. The molecule has 2 rings (SSSR count). The van der Waals surface area contributed by atoms with E-state index >= 15 is 0 Å². The third-order valence-electron chi connectivity index (χ3n) is 2.64. The highest BCUT2D eigenvalue weighted by Crippen LogP contribution is 2.29. The van der Waals surface area contributed by atoms with Gasteiger partial charge in [0, 0.05) is 4.88 Å². The quantitative estimate of drug-likeness (QED) is 0.811. The molecule has 2 aromatic rings. The molecule has 0 amide bonds. The van der Waals surface area contributed by atoms with Gasteiger partial charge in [0.1, 0.15) is 0 Å². The monoisotopic (exact) mass is 312 g/mol. The average Bonchev–Trinajstić information content (AvgIpc) is 2.75. The summed E-state index contributed by atoms with van der Waals surface area (Å²) in [7, 11) is 0. The lowest BCUT2D eigenvalue weighted by molar-refractivity contribution is -0.130. The van der Waals surface area contributed by atoms with Crippen LogP contribution in [0.1, 0.15) is 16.0 Å². The Bertz CT molecular complexity index is 659. The van der Waals surface area contributed by atoms with Crippen LogP contribution in [-0.4, -0.2) is 11.1 Å². The summed E-state index contributed by atoms with van der Waals surface area (Å²) in [6.07, 6.45) is 1.65. The van der Waals surface area contributed by atoms with Gasteiger partial charge in [0.05, 0.1) is 15.6 Å². The predicted molar refractivity (Wildman–Crippen MR) is 81.0 cm³/mol. The smallest absolute Gasteiger partial charge is 0.336 e. The number of hydrogen-bond acceptors (Lipinski definition) is 2. The Morgan fingerprint density at radius 2 is 2.00 bits per heavy atom. The average molecular weight is 313 g/mol. The predicted octanol–water partition coefficient (Wildman–Crippen LogP) is 4.99. The van der Waals surface area contributed by atoms with Gasteiger partial charge in [-0.15, -0.1) is 11.3 Å². The van der Waals surface area contributed by atoms with Gasteiger partial charge in [0.15, 0.2) is 0 Å². The van der Waals surface area contributed by atoms with E-state index in [0.29, 0.717) is 15.6 Å². The molecule has 0 aliphatic heterocycles. The Hall–Kier alpha value is -1.29. The number of aliphatic carboxylic acids is 1. The summed E-state index contributed by atoms with van der Waals surface area (Å²) >= 11 is 13.3. The lowest BCUT2D eigenvalue weighted by atomic mass is 10.0. The second-order valence-corrected chi connectivity index (χ2v) is 5.72. The van der Waals surface area contributed by atoms with Crippen molar-refractivity contribution < 1.29 is 9.90 Å². The van der Waals surface area contributed by atoms with Gasteiger partial charge in [-0.1, -0.05) is 29.3 Å². The van der Waals surface area contributed by atoms with E-state index in [-0.39, 0.29) is 5.57 Å². The zero-order valence-corrected chi connectivity index (χ0v) is 12.3. The van der Waals surface area contributed by atoms with Crippen molar-refractivity contribution in [2.24, 2.45) is 0 Å². The van der Waals surface area contributed by atoms with Gasteiger partial charge in [0.2, 0.25) is 0 Å². The van der Waals surface area contributed by atoms with E-state index in [1.54, 1.807) is 24.3 Å². The normalized spacial score (nSPS) is 11.6. The standard InChI is InChI=1S/C14H10Cl2O2S/c1-8-4-5-19-13(8)7-10(14(17)18)9-2-3-11(15)12(16)6-9/h2-7H,1H3,(H,17,18)/b10-7-. The van der Waals surface area contributed by atoms with Crippen LogP contribution in [0.4, 0.5) is 0 Å². The highest BCUT2D eigenvalue weighted by Gasteiger charge is 2.13. The molecule has 2 nitrogen and oxygen atoms in total. The van der Waals surface area contributed by atoms with Crippen LogP contribution >= 0.6 is 34.5 Å². The van der Waals surface area contributed by atoms with Gasteiger partial charge in [0.25, 0.3) is 0 Å². The maximum absolute atomic E-state index is 11.4. The molecule has 0 saturated carbocycles. The van der Waals surface area contributed by atoms with Crippen molar-refractivity contribution in [2.45, 2.75) is 6.92 Å². The molecule has 0 bridgehead atoms. The number of benzene rings is 1. The van der Waals surface area contributed by atoms with Gasteiger partial charge in [-0.2, -0.15) is 0 Å². The van der Waals surface area contributed by atoms with Crippen LogP contribution < -0.4 is 0 Å².